The van der Waals surface area contributed by atoms with E-state index < -0.39 is 9.84 Å². The fraction of sp³-hybridized carbons (Fsp3) is 0.385. The van der Waals surface area contributed by atoms with E-state index in [0.717, 1.165) is 0 Å². The molecule has 0 unspecified atom stereocenters. The molecule has 1 aromatic heterocycles. The van der Waals surface area contributed by atoms with Gasteiger partial charge in [0.05, 0.1) is 17.2 Å². The minimum atomic E-state index is -2.90. The zero-order valence-corrected chi connectivity index (χ0v) is 11.6. The highest BCUT2D eigenvalue weighted by Gasteiger charge is 2.29. The lowest BCUT2D eigenvalue weighted by Gasteiger charge is -2.09. The standard InChI is InChI=1S/C13H14FN3O2S/c14-11-2-1-3-12(7-11)17-13(15-9-16-17)6-10-4-5-20(18,19)8-10/h1-3,7,9-10H,4-6,8H2/t10-/m1/s1. The molecule has 1 atom stereocenters. The van der Waals surface area contributed by atoms with Crippen LogP contribution in [-0.2, 0) is 16.3 Å². The van der Waals surface area contributed by atoms with E-state index in [4.69, 9.17) is 0 Å². The van der Waals surface area contributed by atoms with Gasteiger partial charge < -0.3 is 0 Å². The van der Waals surface area contributed by atoms with Crippen LogP contribution in [0.4, 0.5) is 4.39 Å². The minimum absolute atomic E-state index is 0.0662. The molecule has 20 heavy (non-hydrogen) atoms. The summed E-state index contributed by atoms with van der Waals surface area (Å²) in [6.45, 7) is 0. The molecular weight excluding hydrogens is 281 g/mol. The van der Waals surface area contributed by atoms with Crippen molar-refractivity contribution in [2.75, 3.05) is 11.5 Å². The maximum atomic E-state index is 13.3. The molecule has 1 aliphatic rings. The van der Waals surface area contributed by atoms with Crippen molar-refractivity contribution in [1.82, 2.24) is 14.8 Å². The largest absolute Gasteiger partial charge is 0.229 e. The molecule has 2 aromatic rings. The lowest BCUT2D eigenvalue weighted by Crippen LogP contribution is -2.12. The maximum Gasteiger partial charge on any atom is 0.150 e. The van der Waals surface area contributed by atoms with E-state index in [2.05, 4.69) is 10.1 Å². The Labute approximate surface area is 116 Å². The van der Waals surface area contributed by atoms with Crippen molar-refractivity contribution in [2.45, 2.75) is 12.8 Å². The van der Waals surface area contributed by atoms with E-state index >= 15 is 0 Å². The Morgan fingerprint density at radius 3 is 2.95 bits per heavy atom. The number of hydrogen-bond acceptors (Lipinski definition) is 4. The van der Waals surface area contributed by atoms with Gasteiger partial charge in [0.15, 0.2) is 9.84 Å². The molecule has 1 aromatic carbocycles. The molecule has 7 heteroatoms. The molecule has 0 amide bonds. The predicted molar refractivity (Wildman–Crippen MR) is 71.8 cm³/mol. The summed E-state index contributed by atoms with van der Waals surface area (Å²) in [6.07, 6.45) is 2.60. The Bertz CT molecular complexity index is 727. The van der Waals surface area contributed by atoms with Crippen molar-refractivity contribution in [3.8, 4) is 5.69 Å². The lowest BCUT2D eigenvalue weighted by atomic mass is 10.1. The van der Waals surface area contributed by atoms with Gasteiger partial charge in [0.25, 0.3) is 0 Å². The van der Waals surface area contributed by atoms with Gasteiger partial charge in [0.1, 0.15) is 18.0 Å². The highest BCUT2D eigenvalue weighted by Crippen LogP contribution is 2.22. The summed E-state index contributed by atoms with van der Waals surface area (Å²) in [6, 6.07) is 6.09. The number of nitrogens with zero attached hydrogens (tertiary/aromatic N) is 3. The van der Waals surface area contributed by atoms with Gasteiger partial charge in [0, 0.05) is 6.42 Å². The molecule has 0 saturated carbocycles. The van der Waals surface area contributed by atoms with Gasteiger partial charge in [-0.05, 0) is 30.5 Å². The van der Waals surface area contributed by atoms with E-state index in [0.29, 0.717) is 24.4 Å². The van der Waals surface area contributed by atoms with E-state index in [1.807, 2.05) is 0 Å². The number of benzene rings is 1. The molecule has 1 aliphatic heterocycles. The van der Waals surface area contributed by atoms with Gasteiger partial charge in [-0.15, -0.1) is 0 Å². The van der Waals surface area contributed by atoms with E-state index in [-0.39, 0.29) is 23.2 Å². The molecule has 2 heterocycles. The maximum absolute atomic E-state index is 13.3. The second-order valence-electron chi connectivity index (χ2n) is 5.04. The van der Waals surface area contributed by atoms with Crippen LogP contribution in [-0.4, -0.2) is 34.7 Å². The highest BCUT2D eigenvalue weighted by atomic mass is 32.2. The molecule has 0 bridgehead atoms. The van der Waals surface area contributed by atoms with Crippen molar-refractivity contribution in [2.24, 2.45) is 5.92 Å². The monoisotopic (exact) mass is 295 g/mol. The number of halogens is 1. The Kier molecular flexibility index (Phi) is 3.29. The van der Waals surface area contributed by atoms with Crippen LogP contribution < -0.4 is 0 Å². The van der Waals surface area contributed by atoms with E-state index in [9.17, 15) is 12.8 Å². The molecule has 5 nitrogen and oxygen atoms in total. The van der Waals surface area contributed by atoms with Crippen molar-refractivity contribution < 1.29 is 12.8 Å². The third-order valence-electron chi connectivity index (χ3n) is 3.47. The number of rotatable bonds is 3. The second-order valence-corrected chi connectivity index (χ2v) is 7.27. The Balaban J connectivity index is 1.84. The second kappa shape index (κ2) is 4.97. The highest BCUT2D eigenvalue weighted by molar-refractivity contribution is 7.91. The molecule has 1 fully saturated rings. The summed E-state index contributed by atoms with van der Waals surface area (Å²) in [5.74, 6) is 0.830. The first-order valence-electron chi connectivity index (χ1n) is 6.39. The summed E-state index contributed by atoms with van der Waals surface area (Å²) in [5.41, 5.74) is 0.596. The van der Waals surface area contributed by atoms with Crippen LogP contribution in [0.15, 0.2) is 30.6 Å². The van der Waals surface area contributed by atoms with Crippen LogP contribution in [0.25, 0.3) is 5.69 Å². The molecule has 0 spiro atoms. The van der Waals surface area contributed by atoms with Crippen molar-refractivity contribution in [1.29, 1.82) is 0 Å². The van der Waals surface area contributed by atoms with Gasteiger partial charge >= 0.3 is 0 Å². The summed E-state index contributed by atoms with van der Waals surface area (Å²) in [7, 11) is -2.90. The Hall–Kier alpha value is -1.76. The molecule has 0 aliphatic carbocycles. The van der Waals surface area contributed by atoms with Crippen molar-refractivity contribution in [3.05, 3.63) is 42.2 Å². The van der Waals surface area contributed by atoms with Gasteiger partial charge in [-0.1, -0.05) is 6.07 Å². The Morgan fingerprint density at radius 2 is 2.25 bits per heavy atom. The number of hydrogen-bond donors (Lipinski definition) is 0. The SMILES string of the molecule is O=S1(=O)CC[C@H](Cc2ncnn2-c2cccc(F)c2)C1. The van der Waals surface area contributed by atoms with Crippen LogP contribution in [0.5, 0.6) is 0 Å². The summed E-state index contributed by atoms with van der Waals surface area (Å²) < 4.78 is 37.8. The molecule has 0 radical (unpaired) electrons. The fourth-order valence-electron chi connectivity index (χ4n) is 2.52. The number of aromatic nitrogens is 3. The number of sulfone groups is 1. The smallest absolute Gasteiger partial charge is 0.150 e. The van der Waals surface area contributed by atoms with Crippen LogP contribution >= 0.6 is 0 Å². The topological polar surface area (TPSA) is 64.8 Å². The first kappa shape index (κ1) is 13.2. The van der Waals surface area contributed by atoms with Crippen molar-refractivity contribution >= 4 is 9.84 Å². The van der Waals surface area contributed by atoms with Crippen LogP contribution in [0.1, 0.15) is 12.2 Å². The van der Waals surface area contributed by atoms with Crippen LogP contribution in [0, 0.1) is 11.7 Å². The summed E-state index contributed by atoms with van der Waals surface area (Å²) in [4.78, 5) is 4.17. The fourth-order valence-corrected chi connectivity index (χ4v) is 4.38. The summed E-state index contributed by atoms with van der Waals surface area (Å²) in [5, 5.41) is 4.10. The summed E-state index contributed by atoms with van der Waals surface area (Å²) >= 11 is 0. The average molecular weight is 295 g/mol. The zero-order chi connectivity index (χ0) is 14.2. The predicted octanol–water partition coefficient (Wildman–Crippen LogP) is 1.38. The normalized spacial score (nSPS) is 21.1. The quantitative estimate of drug-likeness (QED) is 0.858. The lowest BCUT2D eigenvalue weighted by molar-refractivity contribution is 0.559. The molecular formula is C13H14FN3O2S. The van der Waals surface area contributed by atoms with E-state index in [1.54, 1.807) is 16.8 Å². The van der Waals surface area contributed by atoms with Crippen LogP contribution in [0.2, 0.25) is 0 Å². The first-order chi connectivity index (χ1) is 9.53. The zero-order valence-electron chi connectivity index (χ0n) is 10.7. The molecule has 1 saturated heterocycles. The van der Waals surface area contributed by atoms with Crippen molar-refractivity contribution in [3.63, 3.8) is 0 Å². The minimum Gasteiger partial charge on any atom is -0.229 e. The van der Waals surface area contributed by atoms with Gasteiger partial charge in [0.2, 0.25) is 0 Å². The third kappa shape index (κ3) is 2.72. The molecule has 106 valence electrons. The molecule has 0 N–H and O–H groups in total. The Morgan fingerprint density at radius 1 is 1.40 bits per heavy atom. The van der Waals surface area contributed by atoms with Gasteiger partial charge in [-0.25, -0.2) is 22.5 Å². The average Bonchev–Trinajstić information content (AvgIpc) is 2.96. The van der Waals surface area contributed by atoms with Crippen LogP contribution in [0.3, 0.4) is 0 Å². The van der Waals surface area contributed by atoms with Gasteiger partial charge in [-0.2, -0.15) is 5.10 Å². The third-order valence-corrected chi connectivity index (χ3v) is 5.31. The van der Waals surface area contributed by atoms with E-state index in [1.165, 1.54) is 18.5 Å². The first-order valence-corrected chi connectivity index (χ1v) is 8.21. The van der Waals surface area contributed by atoms with Gasteiger partial charge in [-0.3, -0.25) is 0 Å². The molecule has 3 rings (SSSR count).